The fraction of sp³-hybridized carbons (Fsp3) is 0.273. The number of ether oxygens (including phenoxy) is 1. The number of thioether (sulfide) groups is 1. The molecular formula is C11H12ClNO2S. The van der Waals surface area contributed by atoms with E-state index in [-0.39, 0.29) is 5.97 Å². The molecule has 1 rings (SSSR count). The SMILES string of the molecule is COC(=O)C(C)=CCSc1ccc(Cl)cn1. The number of aromatic nitrogens is 1. The third-order valence-corrected chi connectivity index (χ3v) is 2.92. The average Bonchev–Trinajstić information content (AvgIpc) is 2.30. The van der Waals surface area contributed by atoms with E-state index in [1.165, 1.54) is 18.9 Å². The first-order valence-corrected chi connectivity index (χ1v) is 5.99. The Hall–Kier alpha value is -1.00. The molecule has 0 aliphatic carbocycles. The van der Waals surface area contributed by atoms with Gasteiger partial charge in [-0.3, -0.25) is 0 Å². The maximum Gasteiger partial charge on any atom is 0.333 e. The van der Waals surface area contributed by atoms with E-state index in [4.69, 9.17) is 11.6 Å². The summed E-state index contributed by atoms with van der Waals surface area (Å²) in [6, 6.07) is 3.63. The Morgan fingerprint density at radius 2 is 2.38 bits per heavy atom. The van der Waals surface area contributed by atoms with Gasteiger partial charge < -0.3 is 4.74 Å². The molecule has 0 saturated heterocycles. The number of nitrogens with zero attached hydrogens (tertiary/aromatic N) is 1. The van der Waals surface area contributed by atoms with Crippen LogP contribution in [0.4, 0.5) is 0 Å². The number of carbonyl (C=O) groups is 1. The Morgan fingerprint density at radius 1 is 1.62 bits per heavy atom. The van der Waals surface area contributed by atoms with Crippen molar-refractivity contribution in [2.75, 3.05) is 12.9 Å². The van der Waals surface area contributed by atoms with Gasteiger partial charge in [0.1, 0.15) is 0 Å². The molecule has 0 spiro atoms. The standard InChI is InChI=1S/C11H12ClNO2S/c1-8(11(14)15-2)5-6-16-10-4-3-9(12)7-13-10/h3-5,7H,6H2,1-2H3. The zero-order chi connectivity index (χ0) is 12.0. The van der Waals surface area contributed by atoms with Crippen molar-refractivity contribution in [3.63, 3.8) is 0 Å². The van der Waals surface area contributed by atoms with Crippen LogP contribution in [0.25, 0.3) is 0 Å². The van der Waals surface area contributed by atoms with E-state index in [9.17, 15) is 4.79 Å². The first-order valence-electron chi connectivity index (χ1n) is 4.63. The summed E-state index contributed by atoms with van der Waals surface area (Å²) in [6.45, 7) is 1.72. The van der Waals surface area contributed by atoms with Gasteiger partial charge in [-0.1, -0.05) is 17.7 Å². The molecule has 0 bridgehead atoms. The molecule has 0 aliphatic rings. The van der Waals surface area contributed by atoms with Crippen molar-refractivity contribution in [3.05, 3.63) is 35.0 Å². The normalized spacial score (nSPS) is 11.3. The number of pyridine rings is 1. The minimum Gasteiger partial charge on any atom is -0.466 e. The molecule has 0 aromatic carbocycles. The molecule has 16 heavy (non-hydrogen) atoms. The minimum absolute atomic E-state index is 0.301. The molecule has 86 valence electrons. The third-order valence-electron chi connectivity index (χ3n) is 1.83. The van der Waals surface area contributed by atoms with E-state index in [0.717, 1.165) is 5.03 Å². The maximum absolute atomic E-state index is 11.1. The topological polar surface area (TPSA) is 39.2 Å². The van der Waals surface area contributed by atoms with E-state index >= 15 is 0 Å². The average molecular weight is 258 g/mol. The van der Waals surface area contributed by atoms with Crippen LogP contribution in [-0.2, 0) is 9.53 Å². The summed E-state index contributed by atoms with van der Waals surface area (Å²) >= 11 is 7.24. The highest BCUT2D eigenvalue weighted by atomic mass is 35.5. The fourth-order valence-electron chi connectivity index (χ4n) is 0.944. The summed E-state index contributed by atoms with van der Waals surface area (Å²) in [5.41, 5.74) is 0.601. The largest absolute Gasteiger partial charge is 0.466 e. The molecule has 0 aliphatic heterocycles. The first-order chi connectivity index (χ1) is 7.63. The highest BCUT2D eigenvalue weighted by Crippen LogP contribution is 2.17. The van der Waals surface area contributed by atoms with Crippen molar-refractivity contribution in [2.45, 2.75) is 11.9 Å². The lowest BCUT2D eigenvalue weighted by Crippen LogP contribution is -2.01. The molecular weight excluding hydrogens is 246 g/mol. The van der Waals surface area contributed by atoms with Gasteiger partial charge in [0.05, 0.1) is 17.2 Å². The van der Waals surface area contributed by atoms with E-state index in [1.54, 1.807) is 19.2 Å². The van der Waals surface area contributed by atoms with Crippen molar-refractivity contribution in [1.29, 1.82) is 0 Å². The second-order valence-corrected chi connectivity index (χ2v) is 4.48. The number of halogens is 1. The molecule has 0 atom stereocenters. The Labute approximate surface area is 104 Å². The van der Waals surface area contributed by atoms with Gasteiger partial charge in [0.15, 0.2) is 0 Å². The van der Waals surface area contributed by atoms with E-state index < -0.39 is 0 Å². The number of carbonyl (C=O) groups excluding carboxylic acids is 1. The van der Waals surface area contributed by atoms with Crippen LogP contribution in [0, 0.1) is 0 Å². The number of methoxy groups -OCH3 is 1. The second kappa shape index (κ2) is 6.55. The quantitative estimate of drug-likeness (QED) is 0.472. The Bertz CT molecular complexity index is 389. The highest BCUT2D eigenvalue weighted by molar-refractivity contribution is 7.99. The molecule has 0 fully saturated rings. The van der Waals surface area contributed by atoms with Crippen molar-refractivity contribution in [2.24, 2.45) is 0 Å². The molecule has 0 unspecified atom stereocenters. The molecule has 0 saturated carbocycles. The molecule has 1 aromatic heterocycles. The zero-order valence-corrected chi connectivity index (χ0v) is 10.6. The van der Waals surface area contributed by atoms with Crippen LogP contribution in [-0.4, -0.2) is 23.8 Å². The molecule has 0 amide bonds. The lowest BCUT2D eigenvalue weighted by Gasteiger charge is -1.99. The summed E-state index contributed by atoms with van der Waals surface area (Å²) in [5.74, 6) is 0.375. The Morgan fingerprint density at radius 3 is 2.94 bits per heavy atom. The molecule has 5 heteroatoms. The van der Waals surface area contributed by atoms with Crippen LogP contribution in [0.15, 0.2) is 35.0 Å². The maximum atomic E-state index is 11.1. The van der Waals surface area contributed by atoms with E-state index in [2.05, 4.69) is 9.72 Å². The monoisotopic (exact) mass is 257 g/mol. The molecule has 3 nitrogen and oxygen atoms in total. The van der Waals surface area contributed by atoms with Crippen LogP contribution in [0.2, 0.25) is 5.02 Å². The lowest BCUT2D eigenvalue weighted by molar-refractivity contribution is -0.136. The smallest absolute Gasteiger partial charge is 0.333 e. The van der Waals surface area contributed by atoms with Gasteiger partial charge in [-0.2, -0.15) is 0 Å². The first kappa shape index (κ1) is 13.1. The van der Waals surface area contributed by atoms with Gasteiger partial charge in [-0.15, -0.1) is 11.8 Å². The number of hydrogen-bond donors (Lipinski definition) is 0. The summed E-state index contributed by atoms with van der Waals surface area (Å²) in [6.07, 6.45) is 3.41. The molecule has 0 radical (unpaired) electrons. The Kier molecular flexibility index (Phi) is 5.35. The minimum atomic E-state index is -0.301. The predicted octanol–water partition coefficient (Wildman–Crippen LogP) is 2.95. The second-order valence-electron chi connectivity index (χ2n) is 3.00. The number of hydrogen-bond acceptors (Lipinski definition) is 4. The van der Waals surface area contributed by atoms with E-state index in [1.807, 2.05) is 12.1 Å². The molecule has 0 N–H and O–H groups in total. The highest BCUT2D eigenvalue weighted by Gasteiger charge is 2.02. The van der Waals surface area contributed by atoms with Crippen molar-refractivity contribution in [1.82, 2.24) is 4.98 Å². The fourth-order valence-corrected chi connectivity index (χ4v) is 1.85. The molecule has 1 aromatic rings. The van der Waals surface area contributed by atoms with Crippen molar-refractivity contribution in [3.8, 4) is 0 Å². The Balaban J connectivity index is 2.46. The van der Waals surface area contributed by atoms with Crippen LogP contribution in [0.3, 0.4) is 0 Å². The van der Waals surface area contributed by atoms with Crippen LogP contribution >= 0.6 is 23.4 Å². The summed E-state index contributed by atoms with van der Waals surface area (Å²) in [7, 11) is 1.37. The molecule has 1 heterocycles. The third kappa shape index (κ3) is 4.24. The van der Waals surface area contributed by atoms with Crippen LogP contribution in [0.1, 0.15) is 6.92 Å². The predicted molar refractivity (Wildman–Crippen MR) is 65.7 cm³/mol. The van der Waals surface area contributed by atoms with Crippen LogP contribution in [0.5, 0.6) is 0 Å². The zero-order valence-electron chi connectivity index (χ0n) is 9.07. The summed E-state index contributed by atoms with van der Waals surface area (Å²) < 4.78 is 4.58. The van der Waals surface area contributed by atoms with Gasteiger partial charge in [-0.25, -0.2) is 9.78 Å². The lowest BCUT2D eigenvalue weighted by atomic mass is 10.3. The number of esters is 1. The number of rotatable bonds is 4. The van der Waals surface area contributed by atoms with Crippen LogP contribution < -0.4 is 0 Å². The van der Waals surface area contributed by atoms with Gasteiger partial charge in [0.2, 0.25) is 0 Å². The van der Waals surface area contributed by atoms with Gasteiger partial charge in [0, 0.05) is 17.5 Å². The van der Waals surface area contributed by atoms with Gasteiger partial charge >= 0.3 is 5.97 Å². The summed E-state index contributed by atoms with van der Waals surface area (Å²) in [5, 5.41) is 1.49. The summed E-state index contributed by atoms with van der Waals surface area (Å²) in [4.78, 5) is 15.2. The van der Waals surface area contributed by atoms with Gasteiger partial charge in [0.25, 0.3) is 0 Å². The van der Waals surface area contributed by atoms with E-state index in [0.29, 0.717) is 16.3 Å². The van der Waals surface area contributed by atoms with Gasteiger partial charge in [-0.05, 0) is 19.1 Å². The van der Waals surface area contributed by atoms with Crippen molar-refractivity contribution < 1.29 is 9.53 Å². The van der Waals surface area contributed by atoms with Crippen molar-refractivity contribution >= 4 is 29.3 Å².